The van der Waals surface area contributed by atoms with Crippen molar-refractivity contribution in [1.29, 1.82) is 5.26 Å². The number of nitriles is 1. The lowest BCUT2D eigenvalue weighted by molar-refractivity contribution is 0.297. The first-order valence-corrected chi connectivity index (χ1v) is 6.26. The largest absolute Gasteiger partial charge is 0.302 e. The van der Waals surface area contributed by atoms with E-state index in [1.807, 2.05) is 24.3 Å². The van der Waals surface area contributed by atoms with Crippen molar-refractivity contribution < 1.29 is 0 Å². The quantitative estimate of drug-likeness (QED) is 0.839. The number of aromatic nitrogens is 1. The molecular formula is C16H17N3. The molecule has 3 heteroatoms. The minimum absolute atomic E-state index is 0.260. The Morgan fingerprint density at radius 1 is 1.21 bits per heavy atom. The van der Waals surface area contributed by atoms with Crippen molar-refractivity contribution in [3.63, 3.8) is 0 Å². The molecule has 0 saturated heterocycles. The summed E-state index contributed by atoms with van der Waals surface area (Å²) in [5.41, 5.74) is 2.96. The smallest absolute Gasteiger partial charge is 0.101 e. The van der Waals surface area contributed by atoms with Crippen molar-refractivity contribution in [2.24, 2.45) is 0 Å². The van der Waals surface area contributed by atoms with Gasteiger partial charge in [0.15, 0.2) is 0 Å². The van der Waals surface area contributed by atoms with Gasteiger partial charge in [-0.2, -0.15) is 5.26 Å². The molecule has 0 saturated carbocycles. The molecule has 19 heavy (non-hydrogen) atoms. The maximum Gasteiger partial charge on any atom is 0.101 e. The Labute approximate surface area is 114 Å². The van der Waals surface area contributed by atoms with Crippen molar-refractivity contribution in [2.75, 3.05) is 14.1 Å². The van der Waals surface area contributed by atoms with Gasteiger partial charge in [0.25, 0.3) is 0 Å². The maximum atomic E-state index is 9.14. The summed E-state index contributed by atoms with van der Waals surface area (Å²) in [7, 11) is 4.12. The number of rotatable bonds is 4. The van der Waals surface area contributed by atoms with Crippen LogP contribution in [-0.4, -0.2) is 24.0 Å². The zero-order valence-electron chi connectivity index (χ0n) is 11.2. The van der Waals surface area contributed by atoms with Crippen molar-refractivity contribution in [3.05, 3.63) is 65.5 Å². The van der Waals surface area contributed by atoms with E-state index in [4.69, 9.17) is 5.26 Å². The van der Waals surface area contributed by atoms with Gasteiger partial charge in [0.05, 0.1) is 5.56 Å². The molecule has 0 amide bonds. The van der Waals surface area contributed by atoms with Gasteiger partial charge < -0.3 is 4.90 Å². The Hall–Kier alpha value is -2.18. The van der Waals surface area contributed by atoms with Gasteiger partial charge in [-0.05, 0) is 37.7 Å². The fourth-order valence-corrected chi connectivity index (χ4v) is 2.18. The van der Waals surface area contributed by atoms with E-state index in [0.29, 0.717) is 5.56 Å². The predicted molar refractivity (Wildman–Crippen MR) is 75.5 cm³/mol. The van der Waals surface area contributed by atoms with Crippen LogP contribution in [0.3, 0.4) is 0 Å². The number of nitrogens with zero attached hydrogens (tertiary/aromatic N) is 3. The van der Waals surface area contributed by atoms with Gasteiger partial charge in [-0.25, -0.2) is 0 Å². The van der Waals surface area contributed by atoms with Crippen LogP contribution >= 0.6 is 0 Å². The first kappa shape index (κ1) is 13.3. The molecule has 1 aromatic carbocycles. The Kier molecular flexibility index (Phi) is 4.27. The Morgan fingerprint density at radius 2 is 1.95 bits per heavy atom. The summed E-state index contributed by atoms with van der Waals surface area (Å²) in [5.74, 6) is 0. The predicted octanol–water partition coefficient (Wildman–Crippen LogP) is 2.80. The number of benzene rings is 1. The Morgan fingerprint density at radius 3 is 2.58 bits per heavy atom. The van der Waals surface area contributed by atoms with Crippen LogP contribution in [0.4, 0.5) is 0 Å². The van der Waals surface area contributed by atoms with E-state index in [-0.39, 0.29) is 6.04 Å². The van der Waals surface area contributed by atoms with Gasteiger partial charge in [0, 0.05) is 18.4 Å². The van der Waals surface area contributed by atoms with Crippen LogP contribution in [0.2, 0.25) is 0 Å². The zero-order chi connectivity index (χ0) is 13.7. The lowest BCUT2D eigenvalue weighted by atomic mass is 9.96. The van der Waals surface area contributed by atoms with E-state index in [9.17, 15) is 0 Å². The molecule has 1 atom stereocenters. The number of pyridine rings is 1. The van der Waals surface area contributed by atoms with Gasteiger partial charge in [-0.3, -0.25) is 4.98 Å². The average Bonchev–Trinajstić information content (AvgIpc) is 2.45. The van der Waals surface area contributed by atoms with Gasteiger partial charge in [-0.1, -0.05) is 30.3 Å². The minimum Gasteiger partial charge on any atom is -0.302 e. The molecule has 96 valence electrons. The van der Waals surface area contributed by atoms with E-state index in [2.05, 4.69) is 42.2 Å². The van der Waals surface area contributed by atoms with E-state index in [1.54, 1.807) is 12.4 Å². The van der Waals surface area contributed by atoms with Gasteiger partial charge >= 0.3 is 0 Å². The molecule has 0 N–H and O–H groups in total. The van der Waals surface area contributed by atoms with Gasteiger partial charge in [0.2, 0.25) is 0 Å². The molecule has 0 fully saturated rings. The second-order valence-electron chi connectivity index (χ2n) is 4.74. The Bertz CT molecular complexity index is 570. The summed E-state index contributed by atoms with van der Waals surface area (Å²) in [4.78, 5) is 6.18. The minimum atomic E-state index is 0.260. The molecule has 1 unspecified atom stereocenters. The van der Waals surface area contributed by atoms with Crippen LogP contribution in [0.15, 0.2) is 48.8 Å². The summed E-state index contributed by atoms with van der Waals surface area (Å²) in [6.45, 7) is 0. The van der Waals surface area contributed by atoms with Crippen LogP contribution in [0.5, 0.6) is 0 Å². The molecule has 0 radical (unpaired) electrons. The molecule has 2 rings (SSSR count). The molecule has 0 bridgehead atoms. The van der Waals surface area contributed by atoms with E-state index < -0.39 is 0 Å². The summed E-state index contributed by atoms with van der Waals surface area (Å²) < 4.78 is 0. The fraction of sp³-hybridized carbons (Fsp3) is 0.250. The second-order valence-corrected chi connectivity index (χ2v) is 4.74. The third-order valence-electron chi connectivity index (χ3n) is 3.25. The second kappa shape index (κ2) is 6.12. The molecule has 0 aliphatic rings. The summed E-state index contributed by atoms with van der Waals surface area (Å²) in [6, 6.07) is 14.8. The number of hydrogen-bond donors (Lipinski definition) is 0. The monoisotopic (exact) mass is 251 g/mol. The van der Waals surface area contributed by atoms with Crippen LogP contribution < -0.4 is 0 Å². The third-order valence-corrected chi connectivity index (χ3v) is 3.25. The summed E-state index contributed by atoms with van der Waals surface area (Å²) >= 11 is 0. The fourth-order valence-electron chi connectivity index (χ4n) is 2.18. The molecule has 1 aromatic heterocycles. The molecule has 1 heterocycles. The number of likely N-dealkylation sites (N-methyl/N-ethyl adjacent to an activating group) is 1. The molecule has 0 spiro atoms. The maximum absolute atomic E-state index is 9.14. The number of hydrogen-bond acceptors (Lipinski definition) is 3. The average molecular weight is 251 g/mol. The first-order valence-electron chi connectivity index (χ1n) is 6.26. The van der Waals surface area contributed by atoms with Crippen LogP contribution in [0.1, 0.15) is 22.7 Å². The van der Waals surface area contributed by atoms with Crippen molar-refractivity contribution in [1.82, 2.24) is 9.88 Å². The van der Waals surface area contributed by atoms with Crippen molar-refractivity contribution in [2.45, 2.75) is 12.5 Å². The third kappa shape index (κ3) is 3.18. The van der Waals surface area contributed by atoms with Crippen LogP contribution in [-0.2, 0) is 6.42 Å². The molecular weight excluding hydrogens is 234 g/mol. The van der Waals surface area contributed by atoms with E-state index in [0.717, 1.165) is 12.0 Å². The molecule has 0 aliphatic heterocycles. The lowest BCUT2D eigenvalue weighted by Crippen LogP contribution is -2.22. The van der Waals surface area contributed by atoms with E-state index >= 15 is 0 Å². The summed E-state index contributed by atoms with van der Waals surface area (Å²) in [6.07, 6.45) is 4.18. The SMILES string of the molecule is CN(C)C(Cc1ccncc1C#N)c1ccccc1. The highest BCUT2D eigenvalue weighted by atomic mass is 15.1. The normalized spacial score (nSPS) is 12.1. The van der Waals surface area contributed by atoms with Gasteiger partial charge in [0.1, 0.15) is 6.07 Å². The highest BCUT2D eigenvalue weighted by Gasteiger charge is 2.16. The molecule has 0 aliphatic carbocycles. The zero-order valence-corrected chi connectivity index (χ0v) is 11.2. The van der Waals surface area contributed by atoms with Crippen molar-refractivity contribution >= 4 is 0 Å². The molecule has 3 nitrogen and oxygen atoms in total. The standard InChI is InChI=1S/C16H17N3/c1-19(2)16(13-6-4-3-5-7-13)10-14-8-9-18-12-15(14)11-17/h3-9,12,16H,10H2,1-2H3. The van der Waals surface area contributed by atoms with Crippen LogP contribution in [0, 0.1) is 11.3 Å². The first-order chi connectivity index (χ1) is 9.22. The van der Waals surface area contributed by atoms with E-state index in [1.165, 1.54) is 5.56 Å². The topological polar surface area (TPSA) is 39.9 Å². The summed E-state index contributed by atoms with van der Waals surface area (Å²) in [5, 5.41) is 9.14. The highest BCUT2D eigenvalue weighted by molar-refractivity contribution is 5.36. The van der Waals surface area contributed by atoms with Crippen molar-refractivity contribution in [3.8, 4) is 6.07 Å². The lowest BCUT2D eigenvalue weighted by Gasteiger charge is -2.25. The van der Waals surface area contributed by atoms with Gasteiger partial charge in [-0.15, -0.1) is 0 Å². The Balaban J connectivity index is 2.30. The molecule has 2 aromatic rings. The highest BCUT2D eigenvalue weighted by Crippen LogP contribution is 2.23. The van der Waals surface area contributed by atoms with Crippen LogP contribution in [0.25, 0.3) is 0 Å².